The highest BCUT2D eigenvalue weighted by atomic mass is 32.1. The van der Waals surface area contributed by atoms with Gasteiger partial charge in [0.05, 0.1) is 7.11 Å². The Morgan fingerprint density at radius 3 is 2.17 bits per heavy atom. The molecule has 1 N–H and O–H groups in total. The standard InChI is InChI=1S/C20H33NO8S/c1-9(2)12(17(23)24-7)21-11(22)8-10(30)13-14-15(27-19(3,4)26-14)16-18(25-13)29-20(5,6)28-16/h9-10,12-16,18,30H,8H2,1-7H3,(H,21,22)/t10?,12-,13+,14-,15-,16+,18+/m0/s1. The molecule has 0 radical (unpaired) electrons. The summed E-state index contributed by atoms with van der Waals surface area (Å²) in [6, 6.07) is -0.732. The zero-order valence-corrected chi connectivity index (χ0v) is 19.4. The molecule has 0 bridgehead atoms. The van der Waals surface area contributed by atoms with E-state index < -0.39 is 59.5 Å². The van der Waals surface area contributed by atoms with E-state index in [4.69, 9.17) is 28.4 Å². The zero-order valence-electron chi connectivity index (χ0n) is 18.5. The van der Waals surface area contributed by atoms with Crippen LogP contribution in [0.5, 0.6) is 0 Å². The van der Waals surface area contributed by atoms with Gasteiger partial charge in [-0.2, -0.15) is 12.6 Å². The Morgan fingerprint density at radius 1 is 1.00 bits per heavy atom. The smallest absolute Gasteiger partial charge is 0.328 e. The summed E-state index contributed by atoms with van der Waals surface area (Å²) in [7, 11) is 1.29. The van der Waals surface area contributed by atoms with E-state index in [-0.39, 0.29) is 18.2 Å². The summed E-state index contributed by atoms with van der Waals surface area (Å²) in [4.78, 5) is 24.6. The van der Waals surface area contributed by atoms with Crippen molar-refractivity contribution >= 4 is 24.5 Å². The minimum Gasteiger partial charge on any atom is -0.467 e. The lowest BCUT2D eigenvalue weighted by Gasteiger charge is -2.39. The van der Waals surface area contributed by atoms with E-state index in [0.717, 1.165) is 0 Å². The van der Waals surface area contributed by atoms with E-state index in [1.807, 2.05) is 41.5 Å². The predicted molar refractivity (Wildman–Crippen MR) is 109 cm³/mol. The van der Waals surface area contributed by atoms with Crippen molar-refractivity contribution in [2.24, 2.45) is 5.92 Å². The number of methoxy groups -OCH3 is 1. The van der Waals surface area contributed by atoms with Gasteiger partial charge >= 0.3 is 5.97 Å². The van der Waals surface area contributed by atoms with Gasteiger partial charge in [0, 0.05) is 11.7 Å². The van der Waals surface area contributed by atoms with Gasteiger partial charge < -0.3 is 33.7 Å². The maximum absolute atomic E-state index is 12.6. The number of nitrogens with one attached hydrogen (secondary N) is 1. The molecule has 0 aromatic carbocycles. The van der Waals surface area contributed by atoms with Crippen LogP contribution in [0.1, 0.15) is 48.0 Å². The van der Waals surface area contributed by atoms with Crippen LogP contribution in [0.2, 0.25) is 0 Å². The van der Waals surface area contributed by atoms with Crippen LogP contribution < -0.4 is 5.32 Å². The largest absolute Gasteiger partial charge is 0.467 e. The first-order valence-corrected chi connectivity index (χ1v) is 10.8. The third kappa shape index (κ3) is 4.94. The van der Waals surface area contributed by atoms with Gasteiger partial charge in [0.2, 0.25) is 5.91 Å². The number of fused-ring (bicyclic) bond motifs is 3. The monoisotopic (exact) mass is 447 g/mol. The molecule has 9 nitrogen and oxygen atoms in total. The molecule has 1 unspecified atom stereocenters. The fourth-order valence-electron chi connectivity index (χ4n) is 4.12. The van der Waals surface area contributed by atoms with E-state index in [9.17, 15) is 9.59 Å². The molecule has 3 aliphatic rings. The van der Waals surface area contributed by atoms with Crippen LogP contribution in [-0.4, -0.2) is 72.6 Å². The van der Waals surface area contributed by atoms with Crippen LogP contribution in [0.25, 0.3) is 0 Å². The second-order valence-electron chi connectivity index (χ2n) is 9.22. The van der Waals surface area contributed by atoms with Crippen molar-refractivity contribution in [3.8, 4) is 0 Å². The summed E-state index contributed by atoms with van der Waals surface area (Å²) in [6.07, 6.45) is -2.54. The van der Waals surface area contributed by atoms with Crippen molar-refractivity contribution in [2.75, 3.05) is 7.11 Å². The first kappa shape index (κ1) is 23.7. The molecule has 3 heterocycles. The van der Waals surface area contributed by atoms with Crippen LogP contribution in [0.15, 0.2) is 0 Å². The summed E-state index contributed by atoms with van der Waals surface area (Å²) in [5, 5.41) is 2.21. The third-order valence-corrected chi connectivity index (χ3v) is 5.88. The fourth-order valence-corrected chi connectivity index (χ4v) is 4.52. The first-order chi connectivity index (χ1) is 13.8. The maximum Gasteiger partial charge on any atom is 0.328 e. The Hall–Kier alpha value is -0.910. The number of esters is 1. The number of carbonyl (C=O) groups excluding carboxylic acids is 2. The normalized spacial score (nSPS) is 36.0. The molecule has 0 aromatic rings. The number of rotatable bonds is 6. The number of amides is 1. The average molecular weight is 448 g/mol. The number of hydrogen-bond acceptors (Lipinski definition) is 9. The molecule has 172 valence electrons. The van der Waals surface area contributed by atoms with Crippen molar-refractivity contribution in [3.63, 3.8) is 0 Å². The summed E-state index contributed by atoms with van der Waals surface area (Å²) >= 11 is 4.64. The van der Waals surface area contributed by atoms with Gasteiger partial charge in [-0.05, 0) is 33.6 Å². The Bertz CT molecular complexity index is 669. The zero-order chi connectivity index (χ0) is 22.4. The van der Waals surface area contributed by atoms with Crippen molar-refractivity contribution in [1.82, 2.24) is 5.32 Å². The lowest BCUT2D eigenvalue weighted by Crippen LogP contribution is -2.58. The van der Waals surface area contributed by atoms with E-state index in [1.54, 1.807) is 0 Å². The Labute approximate surface area is 182 Å². The summed E-state index contributed by atoms with van der Waals surface area (Å²) < 4.78 is 34.9. The van der Waals surface area contributed by atoms with Gasteiger partial charge in [0.25, 0.3) is 0 Å². The highest BCUT2D eigenvalue weighted by Gasteiger charge is 2.61. The molecule has 0 spiro atoms. The van der Waals surface area contributed by atoms with Crippen molar-refractivity contribution in [1.29, 1.82) is 0 Å². The molecule has 0 aromatic heterocycles. The SMILES string of the molecule is COC(=O)[C@@H](NC(=O)CC(S)[C@H]1O[C@@H]2OC(C)(C)O[C@@H]2[C@H]2OC(C)(C)O[C@H]21)C(C)C. The highest BCUT2D eigenvalue weighted by molar-refractivity contribution is 7.81. The van der Waals surface area contributed by atoms with E-state index >= 15 is 0 Å². The molecule has 3 aliphatic heterocycles. The minimum absolute atomic E-state index is 0.0165. The second kappa shape index (κ2) is 8.55. The van der Waals surface area contributed by atoms with Crippen LogP contribution in [-0.2, 0) is 38.0 Å². The molecule has 7 atom stereocenters. The highest BCUT2D eigenvalue weighted by Crippen LogP contribution is 2.45. The summed E-state index contributed by atoms with van der Waals surface area (Å²) in [5.74, 6) is -2.58. The number of hydrogen-bond donors (Lipinski definition) is 2. The number of thiol groups is 1. The summed E-state index contributed by atoms with van der Waals surface area (Å²) in [6.45, 7) is 10.9. The Kier molecular flexibility index (Phi) is 6.77. The van der Waals surface area contributed by atoms with Crippen LogP contribution in [0.4, 0.5) is 0 Å². The molecular formula is C20H33NO8S. The van der Waals surface area contributed by atoms with Crippen LogP contribution >= 0.6 is 12.6 Å². The molecular weight excluding hydrogens is 414 g/mol. The van der Waals surface area contributed by atoms with Gasteiger partial charge in [-0.3, -0.25) is 4.79 Å². The molecule has 0 aliphatic carbocycles. The van der Waals surface area contributed by atoms with Gasteiger partial charge in [-0.1, -0.05) is 13.8 Å². The van der Waals surface area contributed by atoms with E-state index in [2.05, 4.69) is 17.9 Å². The lowest BCUT2D eigenvalue weighted by molar-refractivity contribution is -0.233. The van der Waals surface area contributed by atoms with Gasteiger partial charge in [0.15, 0.2) is 17.9 Å². The number of ether oxygens (including phenoxy) is 6. The van der Waals surface area contributed by atoms with E-state index in [1.165, 1.54) is 7.11 Å². The van der Waals surface area contributed by atoms with Gasteiger partial charge in [-0.15, -0.1) is 0 Å². The molecule has 0 saturated carbocycles. The Balaban J connectivity index is 1.71. The van der Waals surface area contributed by atoms with Gasteiger partial charge in [0.1, 0.15) is 30.5 Å². The average Bonchev–Trinajstić information content (AvgIpc) is 3.11. The van der Waals surface area contributed by atoms with Gasteiger partial charge in [-0.25, -0.2) is 4.79 Å². The van der Waals surface area contributed by atoms with Crippen molar-refractivity contribution < 1.29 is 38.0 Å². The van der Waals surface area contributed by atoms with E-state index in [0.29, 0.717) is 0 Å². The minimum atomic E-state index is -0.828. The molecule has 10 heteroatoms. The topological polar surface area (TPSA) is 102 Å². The quantitative estimate of drug-likeness (QED) is 0.465. The molecule has 1 amide bonds. The van der Waals surface area contributed by atoms with Crippen LogP contribution in [0, 0.1) is 5.92 Å². The molecule has 3 saturated heterocycles. The van der Waals surface area contributed by atoms with Crippen LogP contribution in [0.3, 0.4) is 0 Å². The van der Waals surface area contributed by atoms with Crippen molar-refractivity contribution in [3.05, 3.63) is 0 Å². The van der Waals surface area contributed by atoms with Crippen molar-refractivity contribution in [2.45, 2.75) is 102 Å². The maximum atomic E-state index is 12.6. The number of carbonyl (C=O) groups is 2. The lowest BCUT2D eigenvalue weighted by atomic mass is 9.95. The molecule has 3 fully saturated rings. The molecule has 3 rings (SSSR count). The predicted octanol–water partition coefficient (Wildman–Crippen LogP) is 1.39. The first-order valence-electron chi connectivity index (χ1n) is 10.3. The third-order valence-electron chi connectivity index (χ3n) is 5.40. The second-order valence-corrected chi connectivity index (χ2v) is 9.88. The fraction of sp³-hybridized carbons (Fsp3) is 0.900. The summed E-state index contributed by atoms with van der Waals surface area (Å²) in [5.41, 5.74) is 0. The Morgan fingerprint density at radius 2 is 1.57 bits per heavy atom. The molecule has 30 heavy (non-hydrogen) atoms.